The Kier molecular flexibility index (Phi) is 4.71. The molecule has 0 aliphatic carbocycles. The Morgan fingerprint density at radius 2 is 2.24 bits per heavy atom. The van der Waals surface area contributed by atoms with Crippen molar-refractivity contribution in [2.24, 2.45) is 7.92 Å². The molecule has 1 aliphatic heterocycles. The number of nitrogens with one attached hydrogen (secondary N) is 1. The van der Waals surface area contributed by atoms with Crippen LogP contribution in [0, 0.1) is 0 Å². The van der Waals surface area contributed by atoms with Crippen LogP contribution < -0.4 is 5.32 Å². The molecule has 0 saturated carbocycles. The number of amides is 1. The summed E-state index contributed by atoms with van der Waals surface area (Å²) in [7, 11) is 0. The Balaban J connectivity index is 1.98. The van der Waals surface area contributed by atoms with Gasteiger partial charge in [0.2, 0.25) is 0 Å². The Morgan fingerprint density at radius 3 is 3.06 bits per heavy atom. The van der Waals surface area contributed by atoms with Crippen LogP contribution >= 0.6 is 15.9 Å². The molecule has 0 fully saturated rings. The number of halogens is 1. The van der Waals surface area contributed by atoms with Crippen molar-refractivity contribution in [3.05, 3.63) is 18.2 Å². The minimum atomic E-state index is -0.0564. The first-order valence-corrected chi connectivity index (χ1v) is 8.04. The van der Waals surface area contributed by atoms with Gasteiger partial charge in [-0.1, -0.05) is 0 Å². The van der Waals surface area contributed by atoms with Gasteiger partial charge in [-0.2, -0.15) is 0 Å². The molecule has 0 aromatic heterocycles. The Morgan fingerprint density at radius 1 is 1.35 bits per heavy atom. The molecule has 0 radical (unpaired) electrons. The summed E-state index contributed by atoms with van der Waals surface area (Å²) in [6.07, 6.45) is 2.47. The number of carbonyl (C=O) groups excluding carboxylic acids is 1. The van der Waals surface area contributed by atoms with Crippen LogP contribution in [0.3, 0.4) is 0 Å². The number of hydrogen-bond acceptors (Lipinski definition) is 3. The van der Waals surface area contributed by atoms with E-state index in [4.69, 9.17) is 0 Å². The zero-order valence-electron chi connectivity index (χ0n) is 9.15. The molecular formula is C11H12BrN3OSe. The maximum atomic E-state index is 11.7. The molecule has 90 valence electrons. The van der Waals surface area contributed by atoms with Gasteiger partial charge in [0.15, 0.2) is 0 Å². The van der Waals surface area contributed by atoms with Crippen LogP contribution in [0.5, 0.6) is 0 Å². The van der Waals surface area contributed by atoms with Crippen molar-refractivity contribution in [1.29, 1.82) is 0 Å². The van der Waals surface area contributed by atoms with E-state index < -0.39 is 0 Å². The summed E-state index contributed by atoms with van der Waals surface area (Å²) >= 11 is 3.29. The van der Waals surface area contributed by atoms with Crippen LogP contribution in [0.15, 0.2) is 26.1 Å². The second-order valence-corrected chi connectivity index (χ2v) is 5.53. The summed E-state index contributed by atoms with van der Waals surface area (Å²) in [5, 5.41) is 3.85. The number of unbranched alkanes of at least 4 members (excludes halogenated alkanes) is 1. The number of nitrogens with zero attached hydrogens (tertiary/aromatic N) is 2. The second kappa shape index (κ2) is 6.28. The van der Waals surface area contributed by atoms with Crippen molar-refractivity contribution in [1.82, 2.24) is 0 Å². The molecule has 4 nitrogen and oxygen atoms in total. The second-order valence-electron chi connectivity index (χ2n) is 3.63. The van der Waals surface area contributed by atoms with Gasteiger partial charge < -0.3 is 0 Å². The van der Waals surface area contributed by atoms with Crippen LogP contribution in [-0.2, 0) is 4.79 Å². The summed E-state index contributed by atoms with van der Waals surface area (Å²) < 4.78 is 8.60. The van der Waals surface area contributed by atoms with Gasteiger partial charge in [-0.25, -0.2) is 0 Å². The Hall–Kier alpha value is -0.711. The summed E-state index contributed by atoms with van der Waals surface area (Å²) in [6, 6.07) is 5.70. The van der Waals surface area contributed by atoms with Crippen molar-refractivity contribution in [3.63, 3.8) is 0 Å². The van der Waals surface area contributed by atoms with Crippen molar-refractivity contribution < 1.29 is 4.79 Å². The van der Waals surface area contributed by atoms with Crippen molar-refractivity contribution >= 4 is 53.5 Å². The van der Waals surface area contributed by atoms with E-state index in [0.29, 0.717) is 6.42 Å². The van der Waals surface area contributed by atoms with Gasteiger partial charge >= 0.3 is 114 Å². The molecule has 1 aliphatic rings. The molecule has 0 unspecified atom stereocenters. The first kappa shape index (κ1) is 12.7. The number of fused-ring (bicyclic) bond motifs is 1. The van der Waals surface area contributed by atoms with E-state index >= 15 is 0 Å². The third-order valence-electron chi connectivity index (χ3n) is 2.35. The molecule has 0 bridgehead atoms. The third kappa shape index (κ3) is 3.37. The van der Waals surface area contributed by atoms with Gasteiger partial charge in [0, 0.05) is 0 Å². The number of rotatable bonds is 5. The van der Waals surface area contributed by atoms with Crippen molar-refractivity contribution in [3.8, 4) is 0 Å². The number of benzene rings is 1. The molecule has 0 spiro atoms. The average Bonchev–Trinajstić information content (AvgIpc) is 2.78. The Labute approximate surface area is 114 Å². The molecule has 0 saturated heterocycles. The predicted molar refractivity (Wildman–Crippen MR) is 72.6 cm³/mol. The van der Waals surface area contributed by atoms with Crippen LogP contribution in [0.25, 0.3) is 0 Å². The van der Waals surface area contributed by atoms with Crippen molar-refractivity contribution in [2.75, 3.05) is 10.6 Å². The Bertz CT molecular complexity index is 497. The predicted octanol–water partition coefficient (Wildman–Crippen LogP) is 3.54. The number of anilines is 1. The zero-order chi connectivity index (χ0) is 12.1. The topological polar surface area (TPSA) is 53.8 Å². The van der Waals surface area contributed by atoms with Crippen LogP contribution in [0.2, 0.25) is 0 Å². The normalized spacial score (nSPS) is 12.1. The van der Waals surface area contributed by atoms with Gasteiger partial charge in [0.05, 0.1) is 0 Å². The number of alkyl halides is 1. The molecule has 1 aromatic carbocycles. The third-order valence-corrected chi connectivity index (χ3v) is 4.05. The monoisotopic (exact) mass is 361 g/mol. The van der Waals surface area contributed by atoms with Gasteiger partial charge in [0.1, 0.15) is 0 Å². The molecule has 1 amide bonds. The van der Waals surface area contributed by atoms with Crippen LogP contribution in [0.4, 0.5) is 17.1 Å². The molecule has 1 heterocycles. The fourth-order valence-electron chi connectivity index (χ4n) is 1.50. The van der Waals surface area contributed by atoms with E-state index in [9.17, 15) is 4.79 Å². The molecule has 1 aromatic rings. The first-order valence-electron chi connectivity index (χ1n) is 5.38. The van der Waals surface area contributed by atoms with Gasteiger partial charge in [0.25, 0.3) is 0 Å². The maximum absolute atomic E-state index is 11.7. The molecular weight excluding hydrogens is 349 g/mol. The summed E-state index contributed by atoms with van der Waals surface area (Å²) in [5.74, 6) is 0.0500. The van der Waals surface area contributed by atoms with E-state index in [-0.39, 0.29) is 20.5 Å². The van der Waals surface area contributed by atoms with Crippen LogP contribution in [-0.4, -0.2) is 25.8 Å². The number of hydrogen-bond donors (Lipinski definition) is 1. The van der Waals surface area contributed by atoms with E-state index in [0.717, 1.165) is 35.2 Å². The number of carbonyl (C=O) groups is 1. The van der Waals surface area contributed by atoms with Gasteiger partial charge in [-0.15, -0.1) is 0 Å². The standard InChI is InChI=1S/C11H12BrN3OSe/c12-7-2-1-6-10(16)13-8-4-3-5-9-11(8)15-17-14-9/h3-5H,1-2,6-7H2,(H,13,16). The summed E-state index contributed by atoms with van der Waals surface area (Å²) in [6.45, 7) is 0. The molecule has 2 rings (SSSR count). The van der Waals surface area contributed by atoms with Gasteiger partial charge in [-0.3, -0.25) is 0 Å². The van der Waals surface area contributed by atoms with E-state index in [1.54, 1.807) is 0 Å². The SMILES string of the molecule is O=C(CCCCBr)Nc1cccc2c1N=[Se]=N2. The molecule has 17 heavy (non-hydrogen) atoms. The fourth-order valence-corrected chi connectivity index (χ4v) is 3.05. The molecule has 6 heteroatoms. The quantitative estimate of drug-likeness (QED) is 0.495. The fraction of sp³-hybridized carbons (Fsp3) is 0.364. The molecule has 1 N–H and O–H groups in total. The minimum absolute atomic E-state index is 0.0500. The van der Waals surface area contributed by atoms with Crippen LogP contribution in [0.1, 0.15) is 19.3 Å². The van der Waals surface area contributed by atoms with E-state index in [2.05, 4.69) is 29.2 Å². The summed E-state index contributed by atoms with van der Waals surface area (Å²) in [5.41, 5.74) is 2.51. The van der Waals surface area contributed by atoms with Crippen molar-refractivity contribution in [2.45, 2.75) is 19.3 Å². The average molecular weight is 361 g/mol. The van der Waals surface area contributed by atoms with E-state index in [1.165, 1.54) is 0 Å². The molecule has 0 atom stereocenters. The zero-order valence-corrected chi connectivity index (χ0v) is 12.4. The first-order chi connectivity index (χ1) is 8.31. The van der Waals surface area contributed by atoms with Gasteiger partial charge in [-0.05, 0) is 0 Å². The summed E-state index contributed by atoms with van der Waals surface area (Å²) in [4.78, 5) is 11.7. The van der Waals surface area contributed by atoms with E-state index in [1.807, 2.05) is 18.2 Å².